The van der Waals surface area contributed by atoms with Crippen LogP contribution in [0.3, 0.4) is 0 Å². The fourth-order valence-electron chi connectivity index (χ4n) is 0.634. The molecule has 1 heterocycles. The van der Waals surface area contributed by atoms with Gasteiger partial charge >= 0.3 is 0 Å². The highest BCUT2D eigenvalue weighted by atomic mass is 16.2. The normalized spacial score (nSPS) is 9.00. The zero-order valence-electron chi connectivity index (χ0n) is 6.94. The number of nitrogens with one attached hydrogen (secondary N) is 2. The van der Waals surface area contributed by atoms with Crippen LogP contribution >= 0.6 is 0 Å². The van der Waals surface area contributed by atoms with E-state index in [0.717, 1.165) is 0 Å². The summed E-state index contributed by atoms with van der Waals surface area (Å²) in [4.78, 5) is 28.9. The van der Waals surface area contributed by atoms with Crippen LogP contribution in [0.1, 0.15) is 17.4 Å². The Kier molecular flexibility index (Phi) is 2.91. The van der Waals surface area contributed by atoms with Crippen LogP contribution in [-0.4, -0.2) is 21.8 Å². The van der Waals surface area contributed by atoms with E-state index in [1.165, 1.54) is 25.5 Å². The van der Waals surface area contributed by atoms with Gasteiger partial charge in [0.25, 0.3) is 5.91 Å². The molecule has 0 spiro atoms. The maximum atomic E-state index is 11.1. The first-order valence-corrected chi connectivity index (χ1v) is 3.53. The highest BCUT2D eigenvalue weighted by Crippen LogP contribution is 1.88. The minimum Gasteiger partial charge on any atom is -0.274 e. The first-order chi connectivity index (χ1) is 6.20. The molecule has 0 aromatic carbocycles. The summed E-state index contributed by atoms with van der Waals surface area (Å²) < 4.78 is 0. The fraction of sp³-hybridized carbons (Fsp3) is 0.143. The van der Waals surface area contributed by atoms with Gasteiger partial charge in [-0.2, -0.15) is 0 Å². The number of hydrogen-bond donors (Lipinski definition) is 2. The zero-order valence-corrected chi connectivity index (χ0v) is 6.94. The summed E-state index contributed by atoms with van der Waals surface area (Å²) in [5, 5.41) is 0. The summed E-state index contributed by atoms with van der Waals surface area (Å²) in [6, 6.07) is 1.44. The lowest BCUT2D eigenvalue weighted by Gasteiger charge is -2.02. The van der Waals surface area contributed by atoms with E-state index in [9.17, 15) is 9.59 Å². The van der Waals surface area contributed by atoms with E-state index in [-0.39, 0.29) is 11.6 Å². The van der Waals surface area contributed by atoms with Gasteiger partial charge in [0, 0.05) is 13.1 Å². The molecule has 0 bridgehead atoms. The smallest absolute Gasteiger partial charge is 0.274 e. The van der Waals surface area contributed by atoms with E-state index in [2.05, 4.69) is 20.8 Å². The van der Waals surface area contributed by atoms with Gasteiger partial charge in [-0.05, 0) is 6.07 Å². The van der Waals surface area contributed by atoms with Gasteiger partial charge in [0.1, 0.15) is 12.0 Å². The van der Waals surface area contributed by atoms with Gasteiger partial charge in [0.15, 0.2) is 0 Å². The quantitative estimate of drug-likeness (QED) is 0.557. The van der Waals surface area contributed by atoms with Gasteiger partial charge in [-0.15, -0.1) is 0 Å². The molecule has 1 aromatic heterocycles. The Bertz CT molecular complexity index is 312. The molecule has 0 aliphatic rings. The van der Waals surface area contributed by atoms with Gasteiger partial charge in [0.2, 0.25) is 5.91 Å². The Hall–Kier alpha value is -1.98. The first kappa shape index (κ1) is 9.11. The summed E-state index contributed by atoms with van der Waals surface area (Å²) in [5.74, 6) is -0.819. The fourth-order valence-corrected chi connectivity index (χ4v) is 0.634. The topological polar surface area (TPSA) is 84.0 Å². The first-order valence-electron chi connectivity index (χ1n) is 3.53. The number of aromatic nitrogens is 2. The highest BCUT2D eigenvalue weighted by molar-refractivity contribution is 5.93. The van der Waals surface area contributed by atoms with Crippen molar-refractivity contribution in [2.45, 2.75) is 6.92 Å². The third kappa shape index (κ3) is 2.86. The summed E-state index contributed by atoms with van der Waals surface area (Å²) in [6.45, 7) is 1.29. The van der Waals surface area contributed by atoms with Crippen molar-refractivity contribution in [3.63, 3.8) is 0 Å². The Morgan fingerprint density at radius 1 is 1.38 bits per heavy atom. The number of hydrogen-bond acceptors (Lipinski definition) is 4. The van der Waals surface area contributed by atoms with Crippen LogP contribution in [0.15, 0.2) is 18.6 Å². The Morgan fingerprint density at radius 2 is 2.15 bits per heavy atom. The molecule has 0 saturated heterocycles. The summed E-state index contributed by atoms with van der Waals surface area (Å²) in [7, 11) is 0. The summed E-state index contributed by atoms with van der Waals surface area (Å²) >= 11 is 0. The van der Waals surface area contributed by atoms with Crippen LogP contribution in [0.4, 0.5) is 0 Å². The van der Waals surface area contributed by atoms with Crippen LogP contribution in [-0.2, 0) is 4.79 Å². The molecule has 13 heavy (non-hydrogen) atoms. The average molecular weight is 180 g/mol. The van der Waals surface area contributed by atoms with Crippen LogP contribution in [0.2, 0.25) is 0 Å². The van der Waals surface area contributed by atoms with Crippen molar-refractivity contribution in [2.75, 3.05) is 0 Å². The van der Waals surface area contributed by atoms with Crippen molar-refractivity contribution >= 4 is 11.8 Å². The lowest BCUT2D eigenvalue weighted by Crippen LogP contribution is -2.40. The lowest BCUT2D eigenvalue weighted by molar-refractivity contribution is -0.119. The molecular formula is C7H8N4O2. The highest BCUT2D eigenvalue weighted by Gasteiger charge is 2.05. The third-order valence-corrected chi connectivity index (χ3v) is 1.17. The number of amides is 2. The van der Waals surface area contributed by atoms with Crippen LogP contribution in [0.5, 0.6) is 0 Å². The molecule has 0 atom stereocenters. The predicted molar refractivity (Wildman–Crippen MR) is 43.3 cm³/mol. The molecule has 6 heteroatoms. The van der Waals surface area contributed by atoms with E-state index in [1.807, 2.05) is 0 Å². The molecule has 2 amide bonds. The molecule has 0 unspecified atom stereocenters. The Morgan fingerprint density at radius 3 is 2.69 bits per heavy atom. The average Bonchev–Trinajstić information content (AvgIpc) is 2.15. The van der Waals surface area contributed by atoms with Crippen LogP contribution in [0, 0.1) is 0 Å². The molecule has 0 saturated carbocycles. The van der Waals surface area contributed by atoms with E-state index >= 15 is 0 Å². The molecule has 1 rings (SSSR count). The van der Waals surface area contributed by atoms with Crippen molar-refractivity contribution in [3.05, 3.63) is 24.3 Å². The van der Waals surface area contributed by atoms with Crippen molar-refractivity contribution in [2.24, 2.45) is 0 Å². The second kappa shape index (κ2) is 4.15. The summed E-state index contributed by atoms with van der Waals surface area (Å²) in [5.41, 5.74) is 4.51. The largest absolute Gasteiger partial charge is 0.288 e. The van der Waals surface area contributed by atoms with Crippen molar-refractivity contribution in [3.8, 4) is 0 Å². The Labute approximate surface area is 74.4 Å². The minimum absolute atomic E-state index is 0.198. The molecular weight excluding hydrogens is 172 g/mol. The van der Waals surface area contributed by atoms with E-state index in [0.29, 0.717) is 0 Å². The number of nitrogens with zero attached hydrogens (tertiary/aromatic N) is 2. The van der Waals surface area contributed by atoms with E-state index < -0.39 is 5.91 Å². The number of carbonyl (C=O) groups is 2. The molecule has 0 radical (unpaired) electrons. The van der Waals surface area contributed by atoms with Crippen molar-refractivity contribution in [1.82, 2.24) is 20.8 Å². The van der Waals surface area contributed by atoms with Crippen molar-refractivity contribution < 1.29 is 9.59 Å². The monoisotopic (exact) mass is 180 g/mol. The molecule has 2 N–H and O–H groups in total. The summed E-state index contributed by atoms with van der Waals surface area (Å²) in [6.07, 6.45) is 2.69. The zero-order chi connectivity index (χ0) is 9.68. The van der Waals surface area contributed by atoms with Crippen LogP contribution < -0.4 is 10.9 Å². The third-order valence-electron chi connectivity index (χ3n) is 1.17. The van der Waals surface area contributed by atoms with Crippen molar-refractivity contribution in [1.29, 1.82) is 0 Å². The maximum absolute atomic E-state index is 11.1. The molecule has 68 valence electrons. The molecule has 1 aromatic rings. The van der Waals surface area contributed by atoms with Gasteiger partial charge in [0.05, 0.1) is 0 Å². The Balaban J connectivity index is 2.54. The SMILES string of the molecule is CC(=O)NNC(=O)c1ccncn1. The number of hydrazine groups is 1. The standard InChI is InChI=1S/C7H8N4O2/c1-5(12)10-11-7(13)6-2-3-8-4-9-6/h2-4H,1H3,(H,10,12)(H,11,13). The molecule has 0 fully saturated rings. The second-order valence-electron chi connectivity index (χ2n) is 2.23. The molecule has 0 aliphatic heterocycles. The maximum Gasteiger partial charge on any atom is 0.288 e. The van der Waals surface area contributed by atoms with Gasteiger partial charge < -0.3 is 0 Å². The molecule has 6 nitrogen and oxygen atoms in total. The van der Waals surface area contributed by atoms with Gasteiger partial charge in [-0.1, -0.05) is 0 Å². The van der Waals surface area contributed by atoms with Gasteiger partial charge in [-0.3, -0.25) is 20.4 Å². The number of carbonyl (C=O) groups excluding carboxylic acids is 2. The number of rotatable bonds is 1. The second-order valence-corrected chi connectivity index (χ2v) is 2.23. The lowest BCUT2D eigenvalue weighted by atomic mass is 10.4. The van der Waals surface area contributed by atoms with Crippen LogP contribution in [0.25, 0.3) is 0 Å². The van der Waals surface area contributed by atoms with E-state index in [4.69, 9.17) is 0 Å². The predicted octanol–water partition coefficient (Wildman–Crippen LogP) is -0.743. The minimum atomic E-state index is -0.474. The van der Waals surface area contributed by atoms with Gasteiger partial charge in [-0.25, -0.2) is 9.97 Å². The van der Waals surface area contributed by atoms with E-state index in [1.54, 1.807) is 0 Å². The molecule has 0 aliphatic carbocycles.